The molecule has 1 aliphatic rings. The summed E-state index contributed by atoms with van der Waals surface area (Å²) in [7, 11) is 1.56. The molecule has 1 N–H and O–H groups in total. The Bertz CT molecular complexity index is 1160. The first-order valence-corrected chi connectivity index (χ1v) is 10.3. The predicted molar refractivity (Wildman–Crippen MR) is 120 cm³/mol. The van der Waals surface area contributed by atoms with Gasteiger partial charge in [0.1, 0.15) is 23.0 Å². The summed E-state index contributed by atoms with van der Waals surface area (Å²) in [5, 5.41) is 3.16. The highest BCUT2D eigenvalue weighted by Crippen LogP contribution is 2.35. The Labute approximate surface area is 186 Å². The molecule has 0 bridgehead atoms. The van der Waals surface area contributed by atoms with Gasteiger partial charge in [0, 0.05) is 0 Å². The summed E-state index contributed by atoms with van der Waals surface area (Å²) in [6.45, 7) is 4.42. The van der Waals surface area contributed by atoms with Gasteiger partial charge in [0.2, 0.25) is 0 Å². The van der Waals surface area contributed by atoms with Crippen molar-refractivity contribution in [1.29, 1.82) is 0 Å². The van der Waals surface area contributed by atoms with Crippen molar-refractivity contribution in [3.05, 3.63) is 83.4 Å². The van der Waals surface area contributed by atoms with Gasteiger partial charge in [-0.25, -0.2) is 0 Å². The van der Waals surface area contributed by atoms with E-state index in [4.69, 9.17) is 13.9 Å². The van der Waals surface area contributed by atoms with Crippen molar-refractivity contribution in [1.82, 2.24) is 4.90 Å². The molecule has 0 atom stereocenters. The maximum Gasteiger partial charge on any atom is 0.278 e. The Kier molecular flexibility index (Phi) is 5.98. The summed E-state index contributed by atoms with van der Waals surface area (Å²) >= 11 is 0. The van der Waals surface area contributed by atoms with Crippen LogP contribution in [0.25, 0.3) is 5.57 Å². The van der Waals surface area contributed by atoms with Crippen LogP contribution in [0, 0.1) is 6.92 Å². The van der Waals surface area contributed by atoms with Crippen molar-refractivity contribution in [2.45, 2.75) is 20.4 Å². The maximum atomic E-state index is 13.4. The van der Waals surface area contributed by atoms with Crippen molar-refractivity contribution < 1.29 is 23.5 Å². The first kappa shape index (κ1) is 21.2. The molecular formula is C25H24N2O5. The van der Waals surface area contributed by atoms with Gasteiger partial charge in [-0.3, -0.25) is 14.5 Å². The molecule has 0 fully saturated rings. The number of nitrogens with one attached hydrogen (secondary N) is 1. The van der Waals surface area contributed by atoms with Crippen molar-refractivity contribution in [2.24, 2.45) is 0 Å². The molecule has 1 aromatic heterocycles. The van der Waals surface area contributed by atoms with Crippen LogP contribution in [0.3, 0.4) is 0 Å². The zero-order chi connectivity index (χ0) is 22.7. The molecule has 32 heavy (non-hydrogen) atoms. The molecule has 164 valence electrons. The van der Waals surface area contributed by atoms with Crippen LogP contribution in [-0.4, -0.2) is 30.4 Å². The first-order chi connectivity index (χ1) is 15.5. The smallest absolute Gasteiger partial charge is 0.278 e. The highest BCUT2D eigenvalue weighted by atomic mass is 16.5. The fourth-order valence-electron chi connectivity index (χ4n) is 3.60. The normalized spacial score (nSPS) is 13.7. The maximum absolute atomic E-state index is 13.4. The Balaban J connectivity index is 1.76. The molecule has 2 heterocycles. The highest BCUT2D eigenvalue weighted by Gasteiger charge is 2.40. The fraction of sp³-hybridized carbons (Fsp3) is 0.200. The SMILES string of the molecule is CCOc1ccc(C2=C(Nc3cc(C)ccc3OC)C(=O)N(Cc3ccco3)C2=O)cc1. The minimum absolute atomic E-state index is 0.0430. The molecule has 0 aliphatic carbocycles. The number of ether oxygens (including phenoxy) is 2. The number of anilines is 1. The number of methoxy groups -OCH3 is 1. The van der Waals surface area contributed by atoms with Gasteiger partial charge in [0.15, 0.2) is 0 Å². The Hall–Kier alpha value is -4.00. The standard InChI is InChI=1S/C25H24N2O5/c1-4-31-18-10-8-17(9-11-18)22-23(26-20-14-16(2)7-12-21(20)30-3)25(29)27(24(22)28)15-19-6-5-13-32-19/h5-14,26H,4,15H2,1-3H3. The van der Waals surface area contributed by atoms with E-state index in [9.17, 15) is 9.59 Å². The fourth-order valence-corrected chi connectivity index (χ4v) is 3.60. The third-order valence-corrected chi connectivity index (χ3v) is 5.13. The minimum atomic E-state index is -0.432. The van der Waals surface area contributed by atoms with Crippen LogP contribution in [0.1, 0.15) is 23.8 Å². The third-order valence-electron chi connectivity index (χ3n) is 5.13. The second-order valence-electron chi connectivity index (χ2n) is 7.31. The number of benzene rings is 2. The van der Waals surface area contributed by atoms with Crippen molar-refractivity contribution in [3.63, 3.8) is 0 Å². The van der Waals surface area contributed by atoms with Gasteiger partial charge < -0.3 is 19.2 Å². The van der Waals surface area contributed by atoms with Gasteiger partial charge >= 0.3 is 0 Å². The molecule has 4 rings (SSSR count). The topological polar surface area (TPSA) is 81.0 Å². The number of furan rings is 1. The minimum Gasteiger partial charge on any atom is -0.495 e. The number of aryl methyl sites for hydroxylation is 1. The summed E-state index contributed by atoms with van der Waals surface area (Å²) in [5.41, 5.74) is 2.68. The lowest BCUT2D eigenvalue weighted by Gasteiger charge is -2.15. The summed E-state index contributed by atoms with van der Waals surface area (Å²) < 4.78 is 16.3. The number of hydrogen-bond acceptors (Lipinski definition) is 6. The quantitative estimate of drug-likeness (QED) is 0.532. The number of rotatable bonds is 8. The van der Waals surface area contributed by atoms with E-state index in [1.165, 1.54) is 11.2 Å². The predicted octanol–water partition coefficient (Wildman–Crippen LogP) is 4.39. The summed E-state index contributed by atoms with van der Waals surface area (Å²) in [6.07, 6.45) is 1.51. The van der Waals surface area contributed by atoms with Crippen molar-refractivity contribution in [3.8, 4) is 11.5 Å². The van der Waals surface area contributed by atoms with Crippen LogP contribution >= 0.6 is 0 Å². The van der Waals surface area contributed by atoms with E-state index in [1.54, 1.807) is 43.5 Å². The molecule has 0 spiro atoms. The molecule has 0 unspecified atom stereocenters. The zero-order valence-corrected chi connectivity index (χ0v) is 18.2. The van der Waals surface area contributed by atoms with E-state index in [0.717, 1.165) is 5.56 Å². The largest absolute Gasteiger partial charge is 0.495 e. The monoisotopic (exact) mass is 432 g/mol. The van der Waals surface area contributed by atoms with E-state index in [0.29, 0.717) is 35.1 Å². The van der Waals surface area contributed by atoms with Gasteiger partial charge in [-0.05, 0) is 61.4 Å². The average molecular weight is 432 g/mol. The van der Waals surface area contributed by atoms with Gasteiger partial charge in [-0.2, -0.15) is 0 Å². The van der Waals surface area contributed by atoms with E-state index >= 15 is 0 Å². The van der Waals surface area contributed by atoms with Gasteiger partial charge in [-0.1, -0.05) is 18.2 Å². The molecule has 0 radical (unpaired) electrons. The molecular weight excluding hydrogens is 408 g/mol. The lowest BCUT2D eigenvalue weighted by Crippen LogP contribution is -2.31. The van der Waals surface area contributed by atoms with Crippen LogP contribution in [-0.2, 0) is 16.1 Å². The van der Waals surface area contributed by atoms with E-state index in [-0.39, 0.29) is 17.8 Å². The van der Waals surface area contributed by atoms with Crippen molar-refractivity contribution >= 4 is 23.1 Å². The second-order valence-corrected chi connectivity index (χ2v) is 7.31. The van der Waals surface area contributed by atoms with Crippen LogP contribution in [0.5, 0.6) is 11.5 Å². The Morgan fingerprint density at radius 1 is 1.03 bits per heavy atom. The van der Waals surface area contributed by atoms with E-state index in [1.807, 2.05) is 32.0 Å². The lowest BCUT2D eigenvalue weighted by molar-refractivity contribution is -0.137. The molecule has 7 nitrogen and oxygen atoms in total. The van der Waals surface area contributed by atoms with E-state index in [2.05, 4.69) is 5.32 Å². The first-order valence-electron chi connectivity index (χ1n) is 10.3. The highest BCUT2D eigenvalue weighted by molar-refractivity contribution is 6.36. The van der Waals surface area contributed by atoms with Crippen LogP contribution in [0.4, 0.5) is 5.69 Å². The molecule has 3 aromatic rings. The second kappa shape index (κ2) is 9.01. The lowest BCUT2D eigenvalue weighted by atomic mass is 10.0. The number of carbonyl (C=O) groups is 2. The zero-order valence-electron chi connectivity index (χ0n) is 18.2. The Morgan fingerprint density at radius 2 is 1.81 bits per heavy atom. The average Bonchev–Trinajstić information content (AvgIpc) is 3.38. The molecule has 2 aromatic carbocycles. The number of imide groups is 1. The van der Waals surface area contributed by atoms with E-state index < -0.39 is 11.8 Å². The van der Waals surface area contributed by atoms with Crippen LogP contribution < -0.4 is 14.8 Å². The van der Waals surface area contributed by atoms with Crippen LogP contribution in [0.2, 0.25) is 0 Å². The summed E-state index contributed by atoms with van der Waals surface area (Å²) in [5.74, 6) is 0.949. The number of nitrogens with zero attached hydrogens (tertiary/aromatic N) is 1. The van der Waals surface area contributed by atoms with Gasteiger partial charge in [-0.15, -0.1) is 0 Å². The third kappa shape index (κ3) is 4.09. The summed E-state index contributed by atoms with van der Waals surface area (Å²) in [6, 6.07) is 16.2. The summed E-state index contributed by atoms with van der Waals surface area (Å²) in [4.78, 5) is 27.9. The van der Waals surface area contributed by atoms with Crippen LogP contribution in [0.15, 0.2) is 71.0 Å². The molecule has 1 aliphatic heterocycles. The number of amides is 2. The Morgan fingerprint density at radius 3 is 2.47 bits per heavy atom. The van der Waals surface area contributed by atoms with Gasteiger partial charge in [0.25, 0.3) is 11.8 Å². The number of hydrogen-bond donors (Lipinski definition) is 1. The van der Waals surface area contributed by atoms with Gasteiger partial charge in [0.05, 0.1) is 37.8 Å². The molecule has 0 saturated heterocycles. The number of carbonyl (C=O) groups excluding carboxylic acids is 2. The molecule has 2 amide bonds. The van der Waals surface area contributed by atoms with Crippen molar-refractivity contribution in [2.75, 3.05) is 19.0 Å². The molecule has 7 heteroatoms. The molecule has 0 saturated carbocycles.